The number of hydrogen-bond donors (Lipinski definition) is 2. The topological polar surface area (TPSA) is 101 Å². The van der Waals surface area contributed by atoms with Gasteiger partial charge in [0.1, 0.15) is 0 Å². The molecule has 1 fully saturated rings. The minimum atomic E-state index is -0.373. The third-order valence-electron chi connectivity index (χ3n) is 4.95. The smallest absolute Gasteiger partial charge is 0.269 e. The van der Waals surface area contributed by atoms with Crippen LogP contribution in [0.25, 0.3) is 5.69 Å². The summed E-state index contributed by atoms with van der Waals surface area (Å²) in [7, 11) is 0. The van der Waals surface area contributed by atoms with Gasteiger partial charge in [-0.15, -0.1) is 10.2 Å². The Balaban J connectivity index is 1.46. The lowest BCUT2D eigenvalue weighted by Gasteiger charge is -2.28. The molecule has 0 aliphatic carbocycles. The van der Waals surface area contributed by atoms with Crippen molar-refractivity contribution in [3.8, 4) is 5.69 Å². The highest BCUT2D eigenvalue weighted by Crippen LogP contribution is 2.28. The molecule has 32 heavy (non-hydrogen) atoms. The summed E-state index contributed by atoms with van der Waals surface area (Å²) in [6.07, 6.45) is 0. The molecule has 4 rings (SSSR count). The maximum Gasteiger partial charge on any atom is 0.269 e. The number of thioether (sulfide) groups is 1. The largest absolute Gasteiger partial charge is 0.378 e. The molecule has 1 saturated heterocycles. The van der Waals surface area contributed by atoms with Gasteiger partial charge >= 0.3 is 0 Å². The Kier molecular flexibility index (Phi) is 7.03. The molecule has 1 aliphatic heterocycles. The molecule has 0 atom stereocenters. The van der Waals surface area contributed by atoms with Crippen LogP contribution in [0.3, 0.4) is 0 Å². The molecule has 10 heteroatoms. The number of morpholine rings is 1. The van der Waals surface area contributed by atoms with Gasteiger partial charge in [0.2, 0.25) is 11.9 Å². The number of anilines is 1. The number of nitrogens with zero attached hydrogens (tertiary/aromatic N) is 4. The molecule has 2 heterocycles. The van der Waals surface area contributed by atoms with Crippen molar-refractivity contribution in [2.24, 2.45) is 0 Å². The van der Waals surface area contributed by atoms with Crippen LogP contribution in [-0.2, 0) is 9.53 Å². The van der Waals surface area contributed by atoms with Crippen molar-refractivity contribution in [2.75, 3.05) is 37.0 Å². The van der Waals surface area contributed by atoms with Gasteiger partial charge in [0, 0.05) is 18.7 Å². The Morgan fingerprint density at radius 2 is 1.72 bits per heavy atom. The number of hydrogen-bond acceptors (Lipinski definition) is 7. The molecule has 1 aliphatic rings. The first-order chi connectivity index (χ1) is 15.6. The second-order valence-electron chi connectivity index (χ2n) is 7.16. The first-order valence-electron chi connectivity index (χ1n) is 10.2. The van der Waals surface area contributed by atoms with Crippen LogP contribution >= 0.6 is 11.8 Å². The Labute approximate surface area is 190 Å². The number of benzene rings is 2. The predicted octanol–water partition coefficient (Wildman–Crippen LogP) is 1.97. The number of rotatable bonds is 6. The van der Waals surface area contributed by atoms with Crippen LogP contribution in [-0.4, -0.2) is 58.6 Å². The molecule has 9 nitrogen and oxygen atoms in total. The number of carbonyl (C=O) groups is 2. The third-order valence-corrected chi connectivity index (χ3v) is 5.88. The minimum Gasteiger partial charge on any atom is -0.378 e. The zero-order valence-corrected chi connectivity index (χ0v) is 18.5. The molecule has 0 radical (unpaired) electrons. The first-order valence-corrected chi connectivity index (χ1v) is 11.2. The van der Waals surface area contributed by atoms with Crippen molar-refractivity contribution in [1.82, 2.24) is 25.6 Å². The van der Waals surface area contributed by atoms with Crippen molar-refractivity contribution in [2.45, 2.75) is 12.1 Å². The molecule has 3 aromatic rings. The Bertz CT molecular complexity index is 1080. The second kappa shape index (κ2) is 10.3. The summed E-state index contributed by atoms with van der Waals surface area (Å²) in [6.45, 7) is 4.74. The van der Waals surface area contributed by atoms with E-state index in [9.17, 15) is 9.59 Å². The van der Waals surface area contributed by atoms with E-state index in [-0.39, 0.29) is 17.6 Å². The van der Waals surface area contributed by atoms with Crippen LogP contribution < -0.4 is 15.8 Å². The van der Waals surface area contributed by atoms with Crippen LogP contribution in [0.2, 0.25) is 0 Å². The van der Waals surface area contributed by atoms with Gasteiger partial charge in [-0.3, -0.25) is 25.0 Å². The maximum atomic E-state index is 12.3. The average Bonchev–Trinajstić information content (AvgIpc) is 3.26. The second-order valence-corrected chi connectivity index (χ2v) is 8.10. The van der Waals surface area contributed by atoms with Crippen LogP contribution in [0.5, 0.6) is 0 Å². The van der Waals surface area contributed by atoms with Gasteiger partial charge in [-0.25, -0.2) is 0 Å². The lowest BCUT2D eigenvalue weighted by molar-refractivity contribution is -0.119. The van der Waals surface area contributed by atoms with E-state index in [1.54, 1.807) is 24.3 Å². The molecule has 0 bridgehead atoms. The SMILES string of the molecule is Cc1ccccc1-n1c(SCC(=O)NNC(=O)c2ccccc2)nnc1N1CCOCC1. The fourth-order valence-corrected chi connectivity index (χ4v) is 4.04. The van der Waals surface area contributed by atoms with Crippen molar-refractivity contribution >= 4 is 29.5 Å². The molecule has 0 spiro atoms. The third kappa shape index (κ3) is 5.09. The average molecular weight is 453 g/mol. The number of carbonyl (C=O) groups excluding carboxylic acids is 2. The fraction of sp³-hybridized carbons (Fsp3) is 0.273. The van der Waals surface area contributed by atoms with E-state index in [1.807, 2.05) is 41.8 Å². The number of hydrazine groups is 1. The van der Waals surface area contributed by atoms with Gasteiger partial charge < -0.3 is 9.64 Å². The maximum absolute atomic E-state index is 12.3. The monoisotopic (exact) mass is 452 g/mol. The van der Waals surface area contributed by atoms with E-state index in [1.165, 1.54) is 11.8 Å². The number of ether oxygens (including phenoxy) is 1. The molecule has 0 saturated carbocycles. The molecular weight excluding hydrogens is 428 g/mol. The summed E-state index contributed by atoms with van der Waals surface area (Å²) < 4.78 is 7.44. The summed E-state index contributed by atoms with van der Waals surface area (Å²) >= 11 is 1.26. The summed E-state index contributed by atoms with van der Waals surface area (Å²) in [5, 5.41) is 9.36. The van der Waals surface area contributed by atoms with Crippen molar-refractivity contribution in [3.05, 3.63) is 65.7 Å². The van der Waals surface area contributed by atoms with Crippen LogP contribution in [0, 0.1) is 6.92 Å². The molecular formula is C22H24N6O3S. The highest BCUT2D eigenvalue weighted by molar-refractivity contribution is 7.99. The van der Waals surface area contributed by atoms with Crippen LogP contribution in [0.1, 0.15) is 15.9 Å². The summed E-state index contributed by atoms with van der Waals surface area (Å²) in [5.41, 5.74) is 7.38. The first kappa shape index (κ1) is 21.8. The van der Waals surface area contributed by atoms with Gasteiger partial charge in [0.05, 0.1) is 24.7 Å². The van der Waals surface area contributed by atoms with E-state index >= 15 is 0 Å². The van der Waals surface area contributed by atoms with E-state index in [0.29, 0.717) is 23.9 Å². The lowest BCUT2D eigenvalue weighted by atomic mass is 10.2. The molecule has 166 valence electrons. The highest BCUT2D eigenvalue weighted by Gasteiger charge is 2.23. The number of para-hydroxylation sites is 1. The van der Waals surface area contributed by atoms with Crippen molar-refractivity contribution < 1.29 is 14.3 Å². The number of aromatic nitrogens is 3. The molecule has 2 amide bonds. The Hall–Kier alpha value is -3.37. The quantitative estimate of drug-likeness (QED) is 0.436. The normalized spacial score (nSPS) is 13.6. The summed E-state index contributed by atoms with van der Waals surface area (Å²) in [5.74, 6) is 0.0819. The summed E-state index contributed by atoms with van der Waals surface area (Å²) in [6, 6.07) is 16.7. The van der Waals surface area contributed by atoms with E-state index < -0.39 is 0 Å². The number of amides is 2. The summed E-state index contributed by atoms with van der Waals surface area (Å²) in [4.78, 5) is 26.6. The van der Waals surface area contributed by atoms with Gasteiger partial charge in [-0.2, -0.15) is 0 Å². The van der Waals surface area contributed by atoms with E-state index in [2.05, 4.69) is 25.9 Å². The van der Waals surface area contributed by atoms with Crippen LogP contribution in [0.15, 0.2) is 59.8 Å². The number of nitrogens with one attached hydrogen (secondary N) is 2. The van der Waals surface area contributed by atoms with Crippen molar-refractivity contribution in [1.29, 1.82) is 0 Å². The molecule has 2 aromatic carbocycles. The van der Waals surface area contributed by atoms with Gasteiger partial charge in [0.25, 0.3) is 5.91 Å². The van der Waals surface area contributed by atoms with Gasteiger partial charge in [-0.1, -0.05) is 48.2 Å². The minimum absolute atomic E-state index is 0.0716. The highest BCUT2D eigenvalue weighted by atomic mass is 32.2. The van der Waals surface area contributed by atoms with E-state index in [0.717, 1.165) is 30.3 Å². The zero-order chi connectivity index (χ0) is 22.3. The lowest BCUT2D eigenvalue weighted by Crippen LogP contribution is -2.42. The standard InChI is InChI=1S/C22H24N6O3S/c1-16-7-5-6-10-18(16)28-21(27-11-13-31-14-12-27)25-26-22(28)32-15-19(29)23-24-20(30)17-8-3-2-4-9-17/h2-10H,11-15H2,1H3,(H,23,29)(H,24,30). The molecule has 0 unspecified atom stereocenters. The van der Waals surface area contributed by atoms with Crippen LogP contribution in [0.4, 0.5) is 5.95 Å². The number of aryl methyl sites for hydroxylation is 1. The Morgan fingerprint density at radius 1 is 1.00 bits per heavy atom. The Morgan fingerprint density at radius 3 is 2.47 bits per heavy atom. The van der Waals surface area contributed by atoms with Gasteiger partial charge in [-0.05, 0) is 30.7 Å². The van der Waals surface area contributed by atoms with Gasteiger partial charge in [0.15, 0.2) is 5.16 Å². The molecule has 2 N–H and O–H groups in total. The van der Waals surface area contributed by atoms with Crippen molar-refractivity contribution in [3.63, 3.8) is 0 Å². The van der Waals surface area contributed by atoms with E-state index in [4.69, 9.17) is 4.74 Å². The molecule has 1 aromatic heterocycles. The zero-order valence-electron chi connectivity index (χ0n) is 17.7. The predicted molar refractivity (Wildman–Crippen MR) is 122 cm³/mol. The fourth-order valence-electron chi connectivity index (χ4n) is 3.30.